The normalized spacial score (nSPS) is 18.2. The molecule has 15 heavy (non-hydrogen) atoms. The zero-order valence-electron chi connectivity index (χ0n) is 8.68. The van der Waals surface area contributed by atoms with Crippen LogP contribution in [0.25, 0.3) is 0 Å². The van der Waals surface area contributed by atoms with Crippen LogP contribution >= 0.6 is 0 Å². The Balaban J connectivity index is 2.15. The van der Waals surface area contributed by atoms with Gasteiger partial charge in [0.1, 0.15) is 6.04 Å². The second-order valence-corrected chi connectivity index (χ2v) is 3.84. The van der Waals surface area contributed by atoms with Gasteiger partial charge in [0.15, 0.2) is 0 Å². The quantitative estimate of drug-likeness (QED) is 0.781. The minimum atomic E-state index is -0.762. The highest BCUT2D eigenvalue weighted by Crippen LogP contribution is 2.18. The van der Waals surface area contributed by atoms with Crippen molar-refractivity contribution in [3.63, 3.8) is 0 Å². The van der Waals surface area contributed by atoms with Crippen molar-refractivity contribution >= 4 is 5.97 Å². The third kappa shape index (κ3) is 1.99. The van der Waals surface area contributed by atoms with Crippen LogP contribution in [0.4, 0.5) is 0 Å². The van der Waals surface area contributed by atoms with E-state index in [0.29, 0.717) is 6.54 Å². The van der Waals surface area contributed by atoms with E-state index in [2.05, 4.69) is 4.98 Å². The maximum Gasteiger partial charge on any atom is 0.320 e. The Kier molecular flexibility index (Phi) is 2.68. The fraction of sp³-hybridized carbons (Fsp3) is 0.455. The van der Waals surface area contributed by atoms with Gasteiger partial charge >= 0.3 is 5.97 Å². The summed E-state index contributed by atoms with van der Waals surface area (Å²) in [4.78, 5) is 17.1. The maximum absolute atomic E-state index is 10.9. The lowest BCUT2D eigenvalue weighted by atomic mass is 10.0. The smallest absolute Gasteiger partial charge is 0.320 e. The van der Waals surface area contributed by atoms with Gasteiger partial charge in [-0.1, -0.05) is 6.07 Å². The van der Waals surface area contributed by atoms with Crippen molar-refractivity contribution < 1.29 is 9.90 Å². The molecule has 0 bridgehead atoms. The number of carboxylic acid groups (broad SMARTS) is 1. The minimum Gasteiger partial charge on any atom is -0.480 e. The Labute approximate surface area is 88.6 Å². The molecule has 4 nitrogen and oxygen atoms in total. The molecule has 1 atom stereocenters. The number of rotatable bonds is 2. The molecule has 80 valence electrons. The third-order valence-corrected chi connectivity index (χ3v) is 2.90. The number of fused-ring (bicyclic) bond motifs is 1. The molecule has 0 aliphatic carbocycles. The van der Waals surface area contributed by atoms with Crippen molar-refractivity contribution in [1.82, 2.24) is 9.88 Å². The predicted molar refractivity (Wildman–Crippen MR) is 55.4 cm³/mol. The number of hydrogen-bond acceptors (Lipinski definition) is 3. The van der Waals surface area contributed by atoms with Gasteiger partial charge in [-0.05, 0) is 18.6 Å². The van der Waals surface area contributed by atoms with E-state index < -0.39 is 12.0 Å². The summed E-state index contributed by atoms with van der Waals surface area (Å²) in [5, 5.41) is 8.92. The zero-order chi connectivity index (χ0) is 10.8. The zero-order valence-corrected chi connectivity index (χ0v) is 8.68. The molecule has 1 N–H and O–H groups in total. The molecule has 0 radical (unpaired) electrons. The van der Waals surface area contributed by atoms with Crippen molar-refractivity contribution in [1.29, 1.82) is 0 Å². The fourth-order valence-electron chi connectivity index (χ4n) is 1.87. The Bertz CT molecular complexity index is 379. The lowest BCUT2D eigenvalue weighted by molar-refractivity contribution is -0.143. The number of pyridine rings is 1. The summed E-state index contributed by atoms with van der Waals surface area (Å²) < 4.78 is 0. The van der Waals surface area contributed by atoms with Crippen molar-refractivity contribution in [2.24, 2.45) is 0 Å². The highest BCUT2D eigenvalue weighted by atomic mass is 16.4. The molecular formula is C11H14N2O2. The SMILES string of the molecule is CC(C(=O)O)N1CCc2ncccc2C1. The Morgan fingerprint density at radius 1 is 1.67 bits per heavy atom. The first-order chi connectivity index (χ1) is 7.18. The van der Waals surface area contributed by atoms with Crippen molar-refractivity contribution in [3.05, 3.63) is 29.6 Å². The Morgan fingerprint density at radius 3 is 3.20 bits per heavy atom. The third-order valence-electron chi connectivity index (χ3n) is 2.90. The van der Waals surface area contributed by atoms with Crippen LogP contribution in [-0.4, -0.2) is 33.5 Å². The first-order valence-electron chi connectivity index (χ1n) is 5.08. The Morgan fingerprint density at radius 2 is 2.47 bits per heavy atom. The van der Waals surface area contributed by atoms with Crippen LogP contribution in [0.2, 0.25) is 0 Å². The molecule has 0 amide bonds. The van der Waals surface area contributed by atoms with Gasteiger partial charge in [0, 0.05) is 31.4 Å². The molecule has 0 saturated carbocycles. The second-order valence-electron chi connectivity index (χ2n) is 3.84. The van der Waals surface area contributed by atoms with Gasteiger partial charge in [-0.2, -0.15) is 0 Å². The highest BCUT2D eigenvalue weighted by molar-refractivity contribution is 5.72. The largest absolute Gasteiger partial charge is 0.480 e. The number of carboxylic acids is 1. The molecule has 0 saturated heterocycles. The van der Waals surface area contributed by atoms with Crippen molar-refractivity contribution in [3.8, 4) is 0 Å². The van der Waals surface area contributed by atoms with Gasteiger partial charge in [-0.3, -0.25) is 14.7 Å². The average Bonchev–Trinajstić information content (AvgIpc) is 2.27. The summed E-state index contributed by atoms with van der Waals surface area (Å²) in [6.07, 6.45) is 2.63. The topological polar surface area (TPSA) is 53.4 Å². The van der Waals surface area contributed by atoms with E-state index in [9.17, 15) is 4.79 Å². The van der Waals surface area contributed by atoms with Crippen molar-refractivity contribution in [2.45, 2.75) is 25.9 Å². The molecule has 1 aromatic heterocycles. The summed E-state index contributed by atoms with van der Waals surface area (Å²) in [5.41, 5.74) is 2.25. The van der Waals surface area contributed by atoms with Gasteiger partial charge in [0.05, 0.1) is 0 Å². The summed E-state index contributed by atoms with van der Waals surface area (Å²) >= 11 is 0. The number of carbonyl (C=O) groups is 1. The molecule has 0 fully saturated rings. The fourth-order valence-corrected chi connectivity index (χ4v) is 1.87. The van der Waals surface area contributed by atoms with E-state index in [-0.39, 0.29) is 0 Å². The summed E-state index contributed by atoms with van der Waals surface area (Å²) in [6.45, 7) is 3.19. The maximum atomic E-state index is 10.9. The minimum absolute atomic E-state index is 0.418. The van der Waals surface area contributed by atoms with E-state index in [4.69, 9.17) is 5.11 Å². The van der Waals surface area contributed by atoms with Crippen molar-refractivity contribution in [2.75, 3.05) is 6.54 Å². The van der Waals surface area contributed by atoms with Gasteiger partial charge in [0.25, 0.3) is 0 Å². The first kappa shape index (κ1) is 10.1. The van der Waals surface area contributed by atoms with Crippen LogP contribution in [0.15, 0.2) is 18.3 Å². The molecule has 4 heteroatoms. The summed E-state index contributed by atoms with van der Waals surface area (Å²) in [7, 11) is 0. The van der Waals surface area contributed by atoms with E-state index in [1.807, 2.05) is 17.0 Å². The Hall–Kier alpha value is -1.42. The van der Waals surface area contributed by atoms with E-state index in [1.54, 1.807) is 13.1 Å². The van der Waals surface area contributed by atoms with Gasteiger partial charge in [-0.25, -0.2) is 0 Å². The highest BCUT2D eigenvalue weighted by Gasteiger charge is 2.24. The van der Waals surface area contributed by atoms with Gasteiger partial charge in [0.2, 0.25) is 0 Å². The standard InChI is InChI=1S/C11H14N2O2/c1-8(11(14)15)13-6-4-10-9(7-13)3-2-5-12-10/h2-3,5,8H,4,6-7H2,1H3,(H,14,15). The molecule has 1 unspecified atom stereocenters. The van der Waals surface area contributed by atoms with Crippen LogP contribution in [0, 0.1) is 0 Å². The number of hydrogen-bond donors (Lipinski definition) is 1. The lowest BCUT2D eigenvalue weighted by Crippen LogP contribution is -2.42. The molecule has 1 aliphatic rings. The predicted octanol–water partition coefficient (Wildman–Crippen LogP) is 0.913. The van der Waals surface area contributed by atoms with Crippen LogP contribution in [-0.2, 0) is 17.8 Å². The molecular weight excluding hydrogens is 192 g/mol. The monoisotopic (exact) mass is 206 g/mol. The van der Waals surface area contributed by atoms with E-state index in [0.717, 1.165) is 24.2 Å². The number of aliphatic carboxylic acids is 1. The van der Waals surface area contributed by atoms with Crippen LogP contribution in [0.1, 0.15) is 18.2 Å². The lowest BCUT2D eigenvalue weighted by Gasteiger charge is -2.30. The van der Waals surface area contributed by atoms with Crippen LogP contribution < -0.4 is 0 Å². The number of nitrogens with zero attached hydrogens (tertiary/aromatic N) is 2. The summed E-state index contributed by atoms with van der Waals surface area (Å²) in [5.74, 6) is -0.762. The molecule has 0 spiro atoms. The van der Waals surface area contributed by atoms with Gasteiger partial charge in [-0.15, -0.1) is 0 Å². The molecule has 1 aromatic rings. The van der Waals surface area contributed by atoms with E-state index in [1.165, 1.54) is 0 Å². The summed E-state index contributed by atoms with van der Waals surface area (Å²) in [6, 6.07) is 3.50. The second kappa shape index (κ2) is 3.98. The molecule has 0 aromatic carbocycles. The first-order valence-corrected chi connectivity index (χ1v) is 5.08. The number of aromatic nitrogens is 1. The van der Waals surface area contributed by atoms with Crippen LogP contribution in [0.5, 0.6) is 0 Å². The molecule has 1 aliphatic heterocycles. The average molecular weight is 206 g/mol. The van der Waals surface area contributed by atoms with E-state index >= 15 is 0 Å². The molecule has 2 heterocycles. The van der Waals surface area contributed by atoms with Crippen LogP contribution in [0.3, 0.4) is 0 Å². The molecule has 2 rings (SSSR count). The van der Waals surface area contributed by atoms with Gasteiger partial charge < -0.3 is 5.11 Å².